The lowest BCUT2D eigenvalue weighted by Gasteiger charge is -2.33. The van der Waals surface area contributed by atoms with Crippen molar-refractivity contribution in [2.75, 3.05) is 24.6 Å². The number of hydrogen-bond acceptors (Lipinski definition) is 3. The highest BCUT2D eigenvalue weighted by Gasteiger charge is 2.21. The van der Waals surface area contributed by atoms with E-state index in [-0.39, 0.29) is 12.0 Å². The Kier molecular flexibility index (Phi) is 3.91. The Hall–Kier alpha value is -1.09. The van der Waals surface area contributed by atoms with Gasteiger partial charge in [0.1, 0.15) is 5.82 Å². The summed E-state index contributed by atoms with van der Waals surface area (Å²) in [6, 6.07) is 4.28. The Morgan fingerprint density at radius 3 is 2.72 bits per heavy atom. The molecule has 1 unspecified atom stereocenters. The van der Waals surface area contributed by atoms with Crippen LogP contribution >= 0.6 is 0 Å². The molecule has 0 saturated carbocycles. The van der Waals surface area contributed by atoms with Gasteiger partial charge in [0.05, 0.1) is 0 Å². The van der Waals surface area contributed by atoms with Crippen LogP contribution in [0, 0.1) is 5.92 Å². The number of nitrogens with zero attached hydrogens (tertiary/aromatic N) is 2. The molecule has 100 valence electrons. The number of anilines is 1. The smallest absolute Gasteiger partial charge is 0.128 e. The number of aliphatic hydroxyl groups is 1. The second kappa shape index (κ2) is 5.27. The van der Waals surface area contributed by atoms with Crippen LogP contribution in [0.2, 0.25) is 0 Å². The predicted octanol–water partition coefficient (Wildman–Crippen LogP) is 2.59. The first-order valence-corrected chi connectivity index (χ1v) is 6.83. The second-order valence-electron chi connectivity index (χ2n) is 6.29. The van der Waals surface area contributed by atoms with E-state index in [0.29, 0.717) is 5.92 Å². The first kappa shape index (κ1) is 13.3. The van der Waals surface area contributed by atoms with E-state index in [0.717, 1.165) is 31.7 Å². The van der Waals surface area contributed by atoms with Crippen molar-refractivity contribution in [3.05, 3.63) is 23.9 Å². The zero-order valence-corrected chi connectivity index (χ0v) is 11.7. The van der Waals surface area contributed by atoms with Crippen LogP contribution in [0.25, 0.3) is 0 Å². The summed E-state index contributed by atoms with van der Waals surface area (Å²) in [5.74, 6) is 1.45. The Labute approximate surface area is 110 Å². The van der Waals surface area contributed by atoms with Gasteiger partial charge in [0, 0.05) is 25.9 Å². The summed E-state index contributed by atoms with van der Waals surface area (Å²) >= 11 is 0. The minimum atomic E-state index is 0.154. The van der Waals surface area contributed by atoms with Gasteiger partial charge in [-0.1, -0.05) is 26.8 Å². The van der Waals surface area contributed by atoms with Crippen LogP contribution in [-0.2, 0) is 5.41 Å². The van der Waals surface area contributed by atoms with Crippen LogP contribution in [0.3, 0.4) is 0 Å². The maximum atomic E-state index is 9.26. The van der Waals surface area contributed by atoms with Gasteiger partial charge >= 0.3 is 0 Å². The lowest BCUT2D eigenvalue weighted by molar-refractivity contribution is 0.208. The Morgan fingerprint density at radius 2 is 2.17 bits per heavy atom. The fraction of sp³-hybridized carbons (Fsp3) is 0.667. The normalized spacial score (nSPS) is 21.1. The van der Waals surface area contributed by atoms with E-state index in [1.54, 1.807) is 0 Å². The van der Waals surface area contributed by atoms with Crippen molar-refractivity contribution in [3.8, 4) is 0 Å². The minimum Gasteiger partial charge on any atom is -0.396 e. The first-order valence-electron chi connectivity index (χ1n) is 6.83. The molecular formula is C15H24N2O. The maximum Gasteiger partial charge on any atom is 0.128 e. The molecule has 0 amide bonds. The van der Waals surface area contributed by atoms with Crippen LogP contribution < -0.4 is 4.90 Å². The molecule has 3 nitrogen and oxygen atoms in total. The molecule has 1 aliphatic rings. The van der Waals surface area contributed by atoms with Crippen LogP contribution in [0.4, 0.5) is 5.82 Å². The molecule has 0 radical (unpaired) electrons. The quantitative estimate of drug-likeness (QED) is 0.874. The third-order valence-electron chi connectivity index (χ3n) is 3.72. The highest BCUT2D eigenvalue weighted by atomic mass is 16.3. The SMILES string of the molecule is CC(C)(C)c1ccc(N2CCCC(CO)C2)nc1. The number of rotatable bonds is 2. The van der Waals surface area contributed by atoms with Gasteiger partial charge < -0.3 is 10.0 Å². The average Bonchev–Trinajstić information content (AvgIpc) is 2.38. The minimum absolute atomic E-state index is 0.154. The highest BCUT2D eigenvalue weighted by molar-refractivity contribution is 5.41. The summed E-state index contributed by atoms with van der Waals surface area (Å²) in [5, 5.41) is 9.26. The zero-order chi connectivity index (χ0) is 13.2. The Bertz CT molecular complexity index is 380. The topological polar surface area (TPSA) is 36.4 Å². The van der Waals surface area contributed by atoms with Crippen LogP contribution in [0.15, 0.2) is 18.3 Å². The van der Waals surface area contributed by atoms with Crippen LogP contribution in [0.5, 0.6) is 0 Å². The average molecular weight is 248 g/mol. The van der Waals surface area contributed by atoms with Crippen LogP contribution in [0.1, 0.15) is 39.2 Å². The Balaban J connectivity index is 2.09. The van der Waals surface area contributed by atoms with E-state index < -0.39 is 0 Å². The molecule has 0 bridgehead atoms. The van der Waals surface area contributed by atoms with Crippen LogP contribution in [-0.4, -0.2) is 29.8 Å². The summed E-state index contributed by atoms with van der Waals surface area (Å²) in [6.45, 7) is 8.87. The largest absolute Gasteiger partial charge is 0.396 e. The molecule has 1 N–H and O–H groups in total. The van der Waals surface area contributed by atoms with Crippen molar-refractivity contribution in [1.82, 2.24) is 4.98 Å². The Morgan fingerprint density at radius 1 is 1.39 bits per heavy atom. The second-order valence-corrected chi connectivity index (χ2v) is 6.29. The monoisotopic (exact) mass is 248 g/mol. The highest BCUT2D eigenvalue weighted by Crippen LogP contribution is 2.25. The maximum absolute atomic E-state index is 9.26. The molecule has 2 heterocycles. The molecule has 0 aromatic carbocycles. The predicted molar refractivity (Wildman–Crippen MR) is 75.0 cm³/mol. The molecule has 0 spiro atoms. The fourth-order valence-corrected chi connectivity index (χ4v) is 2.44. The van der Waals surface area contributed by atoms with Gasteiger partial charge in [0.15, 0.2) is 0 Å². The van der Waals surface area contributed by atoms with Gasteiger partial charge in [-0.05, 0) is 35.8 Å². The standard InChI is InChI=1S/C15H24N2O/c1-15(2,3)13-6-7-14(16-9-13)17-8-4-5-12(10-17)11-18/h6-7,9,12,18H,4-5,8,10-11H2,1-3H3. The van der Waals surface area contributed by atoms with E-state index in [1.807, 2.05) is 6.20 Å². The first-order chi connectivity index (χ1) is 8.50. The van der Waals surface area contributed by atoms with Crippen molar-refractivity contribution in [1.29, 1.82) is 0 Å². The number of pyridine rings is 1. The summed E-state index contributed by atoms with van der Waals surface area (Å²) in [6.07, 6.45) is 4.26. The molecule has 1 atom stereocenters. The van der Waals surface area contributed by atoms with Gasteiger partial charge in [-0.25, -0.2) is 4.98 Å². The lowest BCUT2D eigenvalue weighted by atomic mass is 9.88. The molecule has 2 rings (SSSR count). The molecular weight excluding hydrogens is 224 g/mol. The zero-order valence-electron chi connectivity index (χ0n) is 11.7. The van der Waals surface area contributed by atoms with Crippen molar-refractivity contribution >= 4 is 5.82 Å². The number of piperidine rings is 1. The van der Waals surface area contributed by atoms with Gasteiger partial charge in [0.2, 0.25) is 0 Å². The van der Waals surface area contributed by atoms with Gasteiger partial charge in [-0.3, -0.25) is 0 Å². The molecule has 1 aromatic heterocycles. The third-order valence-corrected chi connectivity index (χ3v) is 3.72. The van der Waals surface area contributed by atoms with E-state index >= 15 is 0 Å². The third kappa shape index (κ3) is 3.02. The van der Waals surface area contributed by atoms with Crippen molar-refractivity contribution < 1.29 is 5.11 Å². The molecule has 3 heteroatoms. The number of aromatic nitrogens is 1. The molecule has 18 heavy (non-hydrogen) atoms. The van der Waals surface area contributed by atoms with E-state index in [2.05, 4.69) is 42.8 Å². The van der Waals surface area contributed by atoms with Gasteiger partial charge in [0.25, 0.3) is 0 Å². The molecule has 1 saturated heterocycles. The summed E-state index contributed by atoms with van der Waals surface area (Å²) in [7, 11) is 0. The van der Waals surface area contributed by atoms with E-state index in [9.17, 15) is 5.11 Å². The lowest BCUT2D eigenvalue weighted by Crippen LogP contribution is -2.37. The fourth-order valence-electron chi connectivity index (χ4n) is 2.44. The summed E-state index contributed by atoms with van der Waals surface area (Å²) in [5.41, 5.74) is 1.42. The summed E-state index contributed by atoms with van der Waals surface area (Å²) in [4.78, 5) is 6.87. The molecule has 1 fully saturated rings. The molecule has 1 aromatic rings. The molecule has 0 aliphatic carbocycles. The van der Waals surface area contributed by atoms with Crippen molar-refractivity contribution in [3.63, 3.8) is 0 Å². The molecule has 1 aliphatic heterocycles. The van der Waals surface area contributed by atoms with E-state index in [4.69, 9.17) is 0 Å². The van der Waals surface area contributed by atoms with Crippen molar-refractivity contribution in [2.45, 2.75) is 39.0 Å². The number of hydrogen-bond donors (Lipinski definition) is 1. The van der Waals surface area contributed by atoms with Crippen molar-refractivity contribution in [2.24, 2.45) is 5.92 Å². The van der Waals surface area contributed by atoms with Gasteiger partial charge in [-0.15, -0.1) is 0 Å². The van der Waals surface area contributed by atoms with Gasteiger partial charge in [-0.2, -0.15) is 0 Å². The number of aliphatic hydroxyl groups excluding tert-OH is 1. The van der Waals surface area contributed by atoms with E-state index in [1.165, 1.54) is 5.56 Å². The summed E-state index contributed by atoms with van der Waals surface area (Å²) < 4.78 is 0.